The van der Waals surface area contributed by atoms with E-state index in [-0.39, 0.29) is 17.1 Å². The molecule has 0 saturated carbocycles. The fourth-order valence-electron chi connectivity index (χ4n) is 4.07. The summed E-state index contributed by atoms with van der Waals surface area (Å²) in [5.41, 5.74) is 6.67. The number of rotatable bonds is 5. The molecule has 1 aliphatic rings. The highest BCUT2D eigenvalue weighted by atomic mass is 16.1. The van der Waals surface area contributed by atoms with E-state index in [0.29, 0.717) is 0 Å². The van der Waals surface area contributed by atoms with Gasteiger partial charge in [0.05, 0.1) is 5.92 Å². The number of hydrogen-bond donors (Lipinski definition) is 1. The molecule has 3 heteroatoms. The zero-order chi connectivity index (χ0) is 20.4. The largest absolute Gasteiger partial charge is 0.384 e. The number of aromatic nitrogens is 1. The first kappa shape index (κ1) is 19.4. The van der Waals surface area contributed by atoms with Crippen LogP contribution in [0.3, 0.4) is 0 Å². The third-order valence-electron chi connectivity index (χ3n) is 5.77. The lowest BCUT2D eigenvalue weighted by Gasteiger charge is -2.20. The first-order valence-corrected chi connectivity index (χ1v) is 10.3. The maximum Gasteiger partial charge on any atom is 0.172 e. The van der Waals surface area contributed by atoms with Crippen LogP contribution in [0.15, 0.2) is 67.0 Å². The lowest BCUT2D eigenvalue weighted by Crippen LogP contribution is -2.13. The summed E-state index contributed by atoms with van der Waals surface area (Å²) in [6.45, 7) is 7.41. The second kappa shape index (κ2) is 7.82. The molecule has 0 radical (unpaired) electrons. The summed E-state index contributed by atoms with van der Waals surface area (Å²) in [7, 11) is 0. The lowest BCUT2D eigenvalue weighted by molar-refractivity contribution is 0.0973. The van der Waals surface area contributed by atoms with Crippen LogP contribution in [-0.4, -0.2) is 17.3 Å². The Bertz CT molecular complexity index is 1000. The van der Waals surface area contributed by atoms with Crippen molar-refractivity contribution in [2.24, 2.45) is 0 Å². The lowest BCUT2D eigenvalue weighted by atomic mass is 9.85. The molecule has 1 N–H and O–H groups in total. The van der Waals surface area contributed by atoms with Crippen molar-refractivity contribution in [1.29, 1.82) is 0 Å². The van der Waals surface area contributed by atoms with Gasteiger partial charge in [-0.25, -0.2) is 0 Å². The highest BCUT2D eigenvalue weighted by Gasteiger charge is 2.33. The third kappa shape index (κ3) is 4.09. The van der Waals surface area contributed by atoms with Crippen LogP contribution in [0.1, 0.15) is 59.3 Å². The van der Waals surface area contributed by atoms with E-state index in [4.69, 9.17) is 0 Å². The molecule has 3 aromatic rings. The Morgan fingerprint density at radius 3 is 2.52 bits per heavy atom. The van der Waals surface area contributed by atoms with Gasteiger partial charge in [0.25, 0.3) is 0 Å². The molecule has 1 heterocycles. The topological polar surface area (TPSA) is 42.0 Å². The van der Waals surface area contributed by atoms with E-state index >= 15 is 0 Å². The van der Waals surface area contributed by atoms with Crippen molar-refractivity contribution in [3.05, 3.63) is 94.8 Å². The molecule has 0 aliphatic heterocycles. The first-order chi connectivity index (χ1) is 13.9. The van der Waals surface area contributed by atoms with E-state index in [1.807, 2.05) is 24.4 Å². The number of nitrogens with one attached hydrogen (secondary N) is 1. The van der Waals surface area contributed by atoms with Crippen LogP contribution < -0.4 is 5.32 Å². The summed E-state index contributed by atoms with van der Waals surface area (Å²) in [4.78, 5) is 17.4. The Morgan fingerprint density at radius 2 is 1.83 bits per heavy atom. The minimum Gasteiger partial charge on any atom is -0.384 e. The van der Waals surface area contributed by atoms with Crippen molar-refractivity contribution in [1.82, 2.24) is 4.98 Å². The van der Waals surface area contributed by atoms with Crippen molar-refractivity contribution in [3.8, 4) is 0 Å². The van der Waals surface area contributed by atoms with Crippen LogP contribution in [0.2, 0.25) is 0 Å². The summed E-state index contributed by atoms with van der Waals surface area (Å²) in [6, 6.07) is 18.8. The number of carbonyl (C=O) groups excluding carboxylic acids is 1. The third-order valence-corrected chi connectivity index (χ3v) is 5.77. The van der Waals surface area contributed by atoms with Crippen LogP contribution in [0.4, 0.5) is 5.69 Å². The molecule has 0 amide bonds. The highest BCUT2D eigenvalue weighted by molar-refractivity contribution is 6.09. The predicted octanol–water partition coefficient (Wildman–Crippen LogP) is 5.56. The van der Waals surface area contributed by atoms with Gasteiger partial charge in [0.1, 0.15) is 0 Å². The van der Waals surface area contributed by atoms with Crippen LogP contribution in [0.5, 0.6) is 0 Å². The Kier molecular flexibility index (Phi) is 5.23. The summed E-state index contributed by atoms with van der Waals surface area (Å²) in [6.07, 6.45) is 5.33. The molecule has 0 bridgehead atoms. The Morgan fingerprint density at radius 1 is 1.03 bits per heavy atom. The summed E-state index contributed by atoms with van der Waals surface area (Å²) >= 11 is 0. The molecule has 1 atom stereocenters. The summed E-state index contributed by atoms with van der Waals surface area (Å²) in [5.74, 6) is 0.147. The molecule has 1 aliphatic carbocycles. The number of hydrogen-bond acceptors (Lipinski definition) is 3. The fraction of sp³-hybridized carbons (Fsp3) is 0.308. The smallest absolute Gasteiger partial charge is 0.172 e. The second-order valence-electron chi connectivity index (χ2n) is 8.87. The number of benzene rings is 2. The Balaban J connectivity index is 1.50. The maximum absolute atomic E-state index is 13.3. The number of pyridine rings is 1. The number of fused-ring (bicyclic) bond motifs is 1. The van der Waals surface area contributed by atoms with Gasteiger partial charge in [0.15, 0.2) is 5.78 Å². The van der Waals surface area contributed by atoms with E-state index in [0.717, 1.165) is 41.8 Å². The van der Waals surface area contributed by atoms with Crippen molar-refractivity contribution in [2.45, 2.75) is 44.9 Å². The van der Waals surface area contributed by atoms with Gasteiger partial charge < -0.3 is 5.32 Å². The van der Waals surface area contributed by atoms with Crippen LogP contribution >= 0.6 is 0 Å². The normalized spacial score (nSPS) is 16.0. The minimum absolute atomic E-state index is 0.0831. The quantitative estimate of drug-likeness (QED) is 0.626. The molecule has 0 fully saturated rings. The minimum atomic E-state index is -0.0831. The van der Waals surface area contributed by atoms with Gasteiger partial charge in [-0.05, 0) is 52.6 Å². The van der Waals surface area contributed by atoms with Crippen molar-refractivity contribution in [2.75, 3.05) is 11.9 Å². The Hall–Kier alpha value is -2.94. The first-order valence-electron chi connectivity index (χ1n) is 10.3. The molecule has 0 spiro atoms. The Labute approximate surface area is 173 Å². The van der Waals surface area contributed by atoms with Crippen molar-refractivity contribution >= 4 is 11.5 Å². The SMILES string of the molecule is CC(C)(C)c1ccc(C2Cc3cccc(NCCc4cccnc4)c3C2=O)cc1. The molecule has 0 saturated heterocycles. The van der Waals surface area contributed by atoms with Gasteiger partial charge in [-0.3, -0.25) is 9.78 Å². The highest BCUT2D eigenvalue weighted by Crippen LogP contribution is 2.38. The van der Waals surface area contributed by atoms with Gasteiger partial charge in [0, 0.05) is 30.2 Å². The molecule has 148 valence electrons. The van der Waals surface area contributed by atoms with Crippen LogP contribution in [0, 0.1) is 0 Å². The number of carbonyl (C=O) groups is 1. The molecule has 1 unspecified atom stereocenters. The van der Waals surface area contributed by atoms with Crippen molar-refractivity contribution in [3.63, 3.8) is 0 Å². The average Bonchev–Trinajstić information content (AvgIpc) is 3.06. The molecule has 4 rings (SSSR count). The van der Waals surface area contributed by atoms with Gasteiger partial charge in [-0.15, -0.1) is 0 Å². The molecule has 2 aromatic carbocycles. The van der Waals surface area contributed by atoms with Gasteiger partial charge in [-0.1, -0.05) is 63.2 Å². The predicted molar refractivity (Wildman–Crippen MR) is 119 cm³/mol. The molecule has 29 heavy (non-hydrogen) atoms. The van der Waals surface area contributed by atoms with E-state index < -0.39 is 0 Å². The molecular weight excluding hydrogens is 356 g/mol. The fourth-order valence-corrected chi connectivity index (χ4v) is 4.07. The molecule has 3 nitrogen and oxygen atoms in total. The average molecular weight is 385 g/mol. The van der Waals surface area contributed by atoms with Gasteiger partial charge in [0.2, 0.25) is 0 Å². The van der Waals surface area contributed by atoms with Gasteiger partial charge >= 0.3 is 0 Å². The number of nitrogens with zero attached hydrogens (tertiary/aromatic N) is 1. The standard InChI is InChI=1S/C26H28N2O/c1-26(2,3)21-11-9-19(10-12-21)22-16-20-7-4-8-23(24(20)25(22)29)28-15-13-18-6-5-14-27-17-18/h4-12,14,17,22,28H,13,15-16H2,1-3H3. The second-order valence-corrected chi connectivity index (χ2v) is 8.87. The maximum atomic E-state index is 13.3. The zero-order valence-corrected chi connectivity index (χ0v) is 17.4. The van der Waals surface area contributed by atoms with Crippen LogP contribution in [0.25, 0.3) is 0 Å². The monoisotopic (exact) mass is 384 g/mol. The van der Waals surface area contributed by atoms with E-state index in [9.17, 15) is 4.79 Å². The van der Waals surface area contributed by atoms with Crippen molar-refractivity contribution < 1.29 is 4.79 Å². The zero-order valence-electron chi connectivity index (χ0n) is 17.4. The number of anilines is 1. The summed E-state index contributed by atoms with van der Waals surface area (Å²) < 4.78 is 0. The van der Waals surface area contributed by atoms with E-state index in [1.54, 1.807) is 6.20 Å². The van der Waals surface area contributed by atoms with E-state index in [1.165, 1.54) is 11.1 Å². The summed E-state index contributed by atoms with van der Waals surface area (Å²) in [5, 5.41) is 3.48. The van der Waals surface area contributed by atoms with Crippen LogP contribution in [-0.2, 0) is 18.3 Å². The van der Waals surface area contributed by atoms with Gasteiger partial charge in [-0.2, -0.15) is 0 Å². The van der Waals surface area contributed by atoms with E-state index in [2.05, 4.69) is 67.5 Å². The number of ketones is 1. The molecule has 1 aromatic heterocycles. The molecular formula is C26H28N2O. The number of Topliss-reactive ketones (excluding diaryl/α,β-unsaturated/α-hetero) is 1.